The van der Waals surface area contributed by atoms with E-state index in [1.807, 2.05) is 0 Å². The highest BCUT2D eigenvalue weighted by atomic mass is 31.2. The van der Waals surface area contributed by atoms with E-state index in [1.165, 1.54) is 0 Å². The average molecular weight is 306 g/mol. The van der Waals surface area contributed by atoms with Gasteiger partial charge in [-0.05, 0) is 20.8 Å². The van der Waals surface area contributed by atoms with E-state index in [0.717, 1.165) is 0 Å². The van der Waals surface area contributed by atoms with E-state index in [9.17, 15) is 4.57 Å². The van der Waals surface area contributed by atoms with Crippen LogP contribution in [0.3, 0.4) is 0 Å². The predicted molar refractivity (Wildman–Crippen MR) is 70.8 cm³/mol. The van der Waals surface area contributed by atoms with Crippen molar-refractivity contribution >= 4 is 7.82 Å². The molecule has 0 rings (SSSR count). The van der Waals surface area contributed by atoms with Crippen LogP contribution < -0.4 is 0 Å². The molecule has 0 fully saturated rings. The number of hydrogen-bond acceptors (Lipinski definition) is 8. The summed E-state index contributed by atoms with van der Waals surface area (Å²) in [5, 5.41) is 30.5. The molecule has 4 N–H and O–H groups in total. The summed E-state index contributed by atoms with van der Waals surface area (Å²) in [5.74, 6) is 0. The Balaban J connectivity index is -0.000000264. The highest BCUT2D eigenvalue weighted by Crippen LogP contribution is 2.48. The summed E-state index contributed by atoms with van der Waals surface area (Å²) in [6, 6.07) is 0. The van der Waals surface area contributed by atoms with Gasteiger partial charge in [0.2, 0.25) is 0 Å². The van der Waals surface area contributed by atoms with Crippen molar-refractivity contribution in [1.29, 1.82) is 0 Å². The van der Waals surface area contributed by atoms with E-state index in [-0.39, 0.29) is 26.4 Å². The van der Waals surface area contributed by atoms with Crippen LogP contribution >= 0.6 is 7.82 Å². The fourth-order valence-corrected chi connectivity index (χ4v) is 1.76. The number of phosphoric ester groups is 1. The van der Waals surface area contributed by atoms with Crippen molar-refractivity contribution in [3.8, 4) is 0 Å². The van der Waals surface area contributed by atoms with Crippen molar-refractivity contribution in [3.05, 3.63) is 0 Å². The van der Waals surface area contributed by atoms with Gasteiger partial charge in [0.15, 0.2) is 0 Å². The standard InChI is InChI=1S/C6H15O4P.2C2H6O2/c1-4-8-11(7,9-5-2)10-6-3;2*3-1-2-4/h4-6H2,1-3H3;2*3-4H,1-2H2. The molecule has 0 radical (unpaired) electrons. The Hall–Kier alpha value is -0.0500. The van der Waals surface area contributed by atoms with Crippen LogP contribution in [-0.4, -0.2) is 66.7 Å². The van der Waals surface area contributed by atoms with Crippen molar-refractivity contribution < 1.29 is 38.6 Å². The zero-order valence-electron chi connectivity index (χ0n) is 11.8. The molecule has 0 saturated heterocycles. The average Bonchev–Trinajstić information content (AvgIpc) is 2.40. The third-order valence-corrected chi connectivity index (χ3v) is 2.78. The summed E-state index contributed by atoms with van der Waals surface area (Å²) in [7, 11) is -3.22. The Bertz CT molecular complexity index is 159. The number of rotatable bonds is 8. The minimum atomic E-state index is -3.22. The second kappa shape index (κ2) is 20.3. The first kappa shape index (κ1) is 24.0. The first-order valence-corrected chi connectivity index (χ1v) is 7.44. The molecular formula is C10H27O8P. The van der Waals surface area contributed by atoms with Crippen molar-refractivity contribution in [3.63, 3.8) is 0 Å². The maximum Gasteiger partial charge on any atom is 0.474 e. The Labute approximate surface area is 114 Å². The molecule has 0 aromatic rings. The maximum absolute atomic E-state index is 11.3. The molecule has 0 aromatic carbocycles. The van der Waals surface area contributed by atoms with Gasteiger partial charge in [-0.15, -0.1) is 0 Å². The van der Waals surface area contributed by atoms with E-state index >= 15 is 0 Å². The van der Waals surface area contributed by atoms with Gasteiger partial charge in [-0.2, -0.15) is 0 Å². The van der Waals surface area contributed by atoms with E-state index in [1.54, 1.807) is 20.8 Å². The second-order valence-electron chi connectivity index (χ2n) is 2.59. The number of phosphoric acid groups is 1. The zero-order valence-corrected chi connectivity index (χ0v) is 12.7. The number of hydrogen-bond donors (Lipinski definition) is 4. The lowest BCUT2D eigenvalue weighted by molar-refractivity contribution is 0.126. The van der Waals surface area contributed by atoms with Crippen LogP contribution in [0.25, 0.3) is 0 Å². The third-order valence-electron chi connectivity index (χ3n) is 1.06. The molecule has 9 heteroatoms. The summed E-state index contributed by atoms with van der Waals surface area (Å²) in [6.07, 6.45) is 0. The summed E-state index contributed by atoms with van der Waals surface area (Å²) in [5.41, 5.74) is 0. The van der Waals surface area contributed by atoms with Crippen LogP contribution in [-0.2, 0) is 18.1 Å². The summed E-state index contributed by atoms with van der Waals surface area (Å²) < 4.78 is 25.8. The summed E-state index contributed by atoms with van der Waals surface area (Å²) in [6.45, 7) is 5.71. The maximum atomic E-state index is 11.3. The first-order valence-electron chi connectivity index (χ1n) is 5.98. The Morgan fingerprint density at radius 1 is 0.684 bits per heavy atom. The monoisotopic (exact) mass is 306 g/mol. The lowest BCUT2D eigenvalue weighted by atomic mass is 10.8. The Morgan fingerprint density at radius 2 is 0.895 bits per heavy atom. The van der Waals surface area contributed by atoms with Crippen LogP contribution in [0.15, 0.2) is 0 Å². The molecule has 0 atom stereocenters. The molecule has 0 heterocycles. The van der Waals surface area contributed by atoms with Gasteiger partial charge < -0.3 is 20.4 Å². The van der Waals surface area contributed by atoms with Crippen LogP contribution in [0.4, 0.5) is 0 Å². The van der Waals surface area contributed by atoms with Gasteiger partial charge in [0, 0.05) is 0 Å². The van der Waals surface area contributed by atoms with Gasteiger partial charge in [-0.1, -0.05) is 0 Å². The molecule has 19 heavy (non-hydrogen) atoms. The smallest absolute Gasteiger partial charge is 0.394 e. The van der Waals surface area contributed by atoms with Crippen LogP contribution in [0.1, 0.15) is 20.8 Å². The molecule has 120 valence electrons. The van der Waals surface area contributed by atoms with E-state index in [0.29, 0.717) is 19.8 Å². The molecule has 0 aliphatic rings. The molecule has 0 saturated carbocycles. The summed E-state index contributed by atoms with van der Waals surface area (Å²) in [4.78, 5) is 0. The minimum absolute atomic E-state index is 0.125. The van der Waals surface area contributed by atoms with Gasteiger partial charge in [0.1, 0.15) is 0 Å². The van der Waals surface area contributed by atoms with Gasteiger partial charge in [-0.3, -0.25) is 13.6 Å². The molecule has 0 aliphatic heterocycles. The highest BCUT2D eigenvalue weighted by molar-refractivity contribution is 7.48. The van der Waals surface area contributed by atoms with Gasteiger partial charge >= 0.3 is 7.82 Å². The van der Waals surface area contributed by atoms with Gasteiger partial charge in [0.05, 0.1) is 46.2 Å². The number of aliphatic hydroxyl groups excluding tert-OH is 4. The van der Waals surface area contributed by atoms with Crippen molar-refractivity contribution in [1.82, 2.24) is 0 Å². The molecule has 8 nitrogen and oxygen atoms in total. The largest absolute Gasteiger partial charge is 0.474 e. The lowest BCUT2D eigenvalue weighted by Crippen LogP contribution is -1.99. The molecule has 0 unspecified atom stereocenters. The van der Waals surface area contributed by atoms with Crippen molar-refractivity contribution in [2.45, 2.75) is 20.8 Å². The van der Waals surface area contributed by atoms with Crippen molar-refractivity contribution in [2.75, 3.05) is 46.2 Å². The topological polar surface area (TPSA) is 126 Å². The van der Waals surface area contributed by atoms with E-state index < -0.39 is 7.82 Å². The molecule has 0 aromatic heterocycles. The van der Waals surface area contributed by atoms with Crippen LogP contribution in [0.2, 0.25) is 0 Å². The van der Waals surface area contributed by atoms with Crippen LogP contribution in [0, 0.1) is 0 Å². The number of aliphatic hydroxyl groups is 4. The van der Waals surface area contributed by atoms with Gasteiger partial charge in [-0.25, -0.2) is 4.57 Å². The summed E-state index contributed by atoms with van der Waals surface area (Å²) >= 11 is 0. The zero-order chi connectivity index (χ0) is 15.6. The normalized spacial score (nSPS) is 10.1. The Kier molecular flexibility index (Phi) is 25.6. The van der Waals surface area contributed by atoms with E-state index in [2.05, 4.69) is 0 Å². The Morgan fingerprint density at radius 3 is 1.00 bits per heavy atom. The lowest BCUT2D eigenvalue weighted by Gasteiger charge is -2.14. The molecule has 0 aliphatic carbocycles. The second-order valence-corrected chi connectivity index (χ2v) is 4.26. The quantitative estimate of drug-likeness (QED) is 0.467. The molecule has 0 spiro atoms. The molecular weight excluding hydrogens is 279 g/mol. The van der Waals surface area contributed by atoms with Crippen molar-refractivity contribution in [2.24, 2.45) is 0 Å². The van der Waals surface area contributed by atoms with Crippen LogP contribution in [0.5, 0.6) is 0 Å². The SMILES string of the molecule is CCOP(=O)(OCC)OCC.OCCO.OCCO. The molecule has 0 bridgehead atoms. The fraction of sp³-hybridized carbons (Fsp3) is 1.00. The fourth-order valence-electron chi connectivity index (χ4n) is 0.586. The molecule has 0 amide bonds. The highest BCUT2D eigenvalue weighted by Gasteiger charge is 2.23. The van der Waals surface area contributed by atoms with E-state index in [4.69, 9.17) is 34.0 Å². The third kappa shape index (κ3) is 23.5. The minimum Gasteiger partial charge on any atom is -0.394 e. The first-order chi connectivity index (χ1) is 9.01. The predicted octanol–water partition coefficient (Wildman–Crippen LogP) is 0.146. The van der Waals surface area contributed by atoms with Gasteiger partial charge in [0.25, 0.3) is 0 Å².